The van der Waals surface area contributed by atoms with Crippen molar-refractivity contribution in [2.75, 3.05) is 31.5 Å². The molecule has 0 spiro atoms. The van der Waals surface area contributed by atoms with Crippen LogP contribution in [-0.4, -0.2) is 34.6 Å². The Balaban J connectivity index is 2.11. The molecule has 0 saturated carbocycles. The number of sulfonamides is 1. The average Bonchev–Trinajstić information content (AvgIpc) is 2.90. The van der Waals surface area contributed by atoms with Crippen LogP contribution in [0.15, 0.2) is 29.2 Å². The van der Waals surface area contributed by atoms with E-state index in [9.17, 15) is 8.42 Å². The van der Waals surface area contributed by atoms with Crippen molar-refractivity contribution >= 4 is 15.7 Å². The first-order chi connectivity index (χ1) is 9.13. The molecule has 1 fully saturated rings. The summed E-state index contributed by atoms with van der Waals surface area (Å²) < 4.78 is 26.7. The molecular formula is C13H21N3O2S. The Morgan fingerprint density at radius 3 is 2.84 bits per heavy atom. The van der Waals surface area contributed by atoms with Crippen LogP contribution in [0.3, 0.4) is 0 Å². The highest BCUT2D eigenvalue weighted by atomic mass is 32.2. The highest BCUT2D eigenvalue weighted by Crippen LogP contribution is 2.21. The molecule has 3 N–H and O–H groups in total. The monoisotopic (exact) mass is 283 g/mol. The molecule has 1 saturated heterocycles. The van der Waals surface area contributed by atoms with Crippen molar-refractivity contribution < 1.29 is 8.42 Å². The van der Waals surface area contributed by atoms with E-state index in [1.54, 1.807) is 19.1 Å². The fourth-order valence-corrected chi connectivity index (χ4v) is 3.48. The number of nitrogens with one attached hydrogen (secondary N) is 3. The number of anilines is 1. The summed E-state index contributed by atoms with van der Waals surface area (Å²) in [6.07, 6.45) is 1.13. The van der Waals surface area contributed by atoms with E-state index >= 15 is 0 Å². The zero-order valence-corrected chi connectivity index (χ0v) is 12.0. The Morgan fingerprint density at radius 1 is 1.37 bits per heavy atom. The molecule has 1 aliphatic rings. The van der Waals surface area contributed by atoms with Crippen molar-refractivity contribution in [3.8, 4) is 0 Å². The SMILES string of the molecule is CCNS(=O)(=O)c1ccccc1NCC1CCNC1. The van der Waals surface area contributed by atoms with Gasteiger partial charge < -0.3 is 10.6 Å². The summed E-state index contributed by atoms with van der Waals surface area (Å²) in [7, 11) is -3.41. The average molecular weight is 283 g/mol. The highest BCUT2D eigenvalue weighted by Gasteiger charge is 2.19. The van der Waals surface area contributed by atoms with Gasteiger partial charge in [0.2, 0.25) is 10.0 Å². The van der Waals surface area contributed by atoms with Gasteiger partial charge in [-0.25, -0.2) is 13.1 Å². The molecule has 6 heteroatoms. The third-order valence-corrected chi connectivity index (χ3v) is 4.86. The van der Waals surface area contributed by atoms with Gasteiger partial charge in [0.05, 0.1) is 5.69 Å². The molecule has 2 rings (SSSR count). The molecule has 1 unspecified atom stereocenters. The summed E-state index contributed by atoms with van der Waals surface area (Å²) in [6, 6.07) is 7.03. The maximum atomic E-state index is 12.1. The first-order valence-electron chi connectivity index (χ1n) is 6.66. The lowest BCUT2D eigenvalue weighted by Gasteiger charge is -2.15. The summed E-state index contributed by atoms with van der Waals surface area (Å²) >= 11 is 0. The van der Waals surface area contributed by atoms with Crippen LogP contribution in [0, 0.1) is 5.92 Å². The minimum absolute atomic E-state index is 0.322. The highest BCUT2D eigenvalue weighted by molar-refractivity contribution is 7.89. The van der Waals surface area contributed by atoms with E-state index in [1.807, 2.05) is 12.1 Å². The minimum atomic E-state index is -3.41. The predicted octanol–water partition coefficient (Wildman–Crippen LogP) is 1.01. The summed E-state index contributed by atoms with van der Waals surface area (Å²) in [6.45, 7) is 5.01. The molecule has 1 aliphatic heterocycles. The Kier molecular flexibility index (Phi) is 4.79. The zero-order valence-electron chi connectivity index (χ0n) is 11.1. The topological polar surface area (TPSA) is 70.2 Å². The van der Waals surface area contributed by atoms with E-state index in [2.05, 4.69) is 15.4 Å². The van der Waals surface area contributed by atoms with Gasteiger partial charge in [0.25, 0.3) is 0 Å². The fraction of sp³-hybridized carbons (Fsp3) is 0.538. The summed E-state index contributed by atoms with van der Waals surface area (Å²) in [4.78, 5) is 0.322. The number of hydrogen-bond acceptors (Lipinski definition) is 4. The number of hydrogen-bond donors (Lipinski definition) is 3. The van der Waals surface area contributed by atoms with Crippen LogP contribution < -0.4 is 15.4 Å². The molecule has 5 nitrogen and oxygen atoms in total. The van der Waals surface area contributed by atoms with Crippen molar-refractivity contribution in [3.05, 3.63) is 24.3 Å². The van der Waals surface area contributed by atoms with Crippen LogP contribution in [-0.2, 0) is 10.0 Å². The van der Waals surface area contributed by atoms with E-state index < -0.39 is 10.0 Å². The van der Waals surface area contributed by atoms with Crippen LogP contribution in [0.5, 0.6) is 0 Å². The fourth-order valence-electron chi connectivity index (χ4n) is 2.26. The van der Waals surface area contributed by atoms with Gasteiger partial charge in [-0.2, -0.15) is 0 Å². The number of para-hydroxylation sites is 1. The Labute approximate surface area is 114 Å². The predicted molar refractivity (Wildman–Crippen MR) is 76.8 cm³/mol. The molecule has 1 heterocycles. The van der Waals surface area contributed by atoms with E-state index in [4.69, 9.17) is 0 Å². The van der Waals surface area contributed by atoms with Gasteiger partial charge in [0.15, 0.2) is 0 Å². The standard InChI is InChI=1S/C13H21N3O2S/c1-2-16-19(17,18)13-6-4-3-5-12(13)15-10-11-7-8-14-9-11/h3-6,11,14-16H,2,7-10H2,1H3. The van der Waals surface area contributed by atoms with Crippen LogP contribution in [0.4, 0.5) is 5.69 Å². The first-order valence-corrected chi connectivity index (χ1v) is 8.15. The Hall–Kier alpha value is -1.11. The molecule has 0 radical (unpaired) electrons. The van der Waals surface area contributed by atoms with Crippen molar-refractivity contribution in [1.29, 1.82) is 0 Å². The second kappa shape index (κ2) is 6.36. The lowest BCUT2D eigenvalue weighted by Crippen LogP contribution is -2.25. The molecule has 106 valence electrons. The molecule has 19 heavy (non-hydrogen) atoms. The maximum Gasteiger partial charge on any atom is 0.242 e. The second-order valence-corrected chi connectivity index (χ2v) is 6.47. The first kappa shape index (κ1) is 14.3. The van der Waals surface area contributed by atoms with Gasteiger partial charge in [-0.05, 0) is 37.6 Å². The summed E-state index contributed by atoms with van der Waals surface area (Å²) in [5, 5.41) is 6.56. The third-order valence-electron chi connectivity index (χ3n) is 3.25. The zero-order chi connectivity index (χ0) is 13.7. The van der Waals surface area contributed by atoms with Gasteiger partial charge >= 0.3 is 0 Å². The number of rotatable bonds is 6. The van der Waals surface area contributed by atoms with Crippen molar-refractivity contribution in [1.82, 2.24) is 10.0 Å². The minimum Gasteiger partial charge on any atom is -0.384 e. The van der Waals surface area contributed by atoms with Crippen molar-refractivity contribution in [3.63, 3.8) is 0 Å². The molecule has 1 atom stereocenters. The molecule has 1 aromatic rings. The molecule has 0 aliphatic carbocycles. The van der Waals surface area contributed by atoms with Gasteiger partial charge in [-0.15, -0.1) is 0 Å². The molecule has 0 bridgehead atoms. The summed E-state index contributed by atoms with van der Waals surface area (Å²) in [5.41, 5.74) is 0.676. The normalized spacial score (nSPS) is 19.5. The van der Waals surface area contributed by atoms with Gasteiger partial charge in [0, 0.05) is 13.1 Å². The molecule has 0 aromatic heterocycles. The maximum absolute atomic E-state index is 12.1. The van der Waals surface area contributed by atoms with Crippen molar-refractivity contribution in [2.24, 2.45) is 5.92 Å². The number of benzene rings is 1. The second-order valence-electron chi connectivity index (χ2n) is 4.74. The largest absolute Gasteiger partial charge is 0.384 e. The third kappa shape index (κ3) is 3.68. The van der Waals surface area contributed by atoms with Crippen LogP contribution in [0.2, 0.25) is 0 Å². The van der Waals surface area contributed by atoms with E-state index in [1.165, 1.54) is 0 Å². The lowest BCUT2D eigenvalue weighted by molar-refractivity contribution is 0.583. The Bertz CT molecular complexity index is 510. The quantitative estimate of drug-likeness (QED) is 0.728. The van der Waals surface area contributed by atoms with E-state index in [0.29, 0.717) is 23.0 Å². The molecule has 0 amide bonds. The molecule has 1 aromatic carbocycles. The van der Waals surface area contributed by atoms with Gasteiger partial charge in [0.1, 0.15) is 4.90 Å². The van der Waals surface area contributed by atoms with Crippen LogP contribution >= 0.6 is 0 Å². The van der Waals surface area contributed by atoms with E-state index in [0.717, 1.165) is 26.1 Å². The Morgan fingerprint density at radius 2 is 2.16 bits per heavy atom. The lowest BCUT2D eigenvalue weighted by atomic mass is 10.1. The van der Waals surface area contributed by atoms with Crippen LogP contribution in [0.1, 0.15) is 13.3 Å². The van der Waals surface area contributed by atoms with Gasteiger partial charge in [-0.1, -0.05) is 19.1 Å². The van der Waals surface area contributed by atoms with Gasteiger partial charge in [-0.3, -0.25) is 0 Å². The summed E-state index contributed by atoms with van der Waals surface area (Å²) in [5.74, 6) is 0.565. The molecular weight excluding hydrogens is 262 g/mol. The van der Waals surface area contributed by atoms with Crippen LogP contribution in [0.25, 0.3) is 0 Å². The van der Waals surface area contributed by atoms with E-state index in [-0.39, 0.29) is 0 Å². The smallest absolute Gasteiger partial charge is 0.242 e. The van der Waals surface area contributed by atoms with Crippen molar-refractivity contribution in [2.45, 2.75) is 18.2 Å².